The number of anilines is 3. The molecule has 2 aromatic carbocycles. The predicted octanol–water partition coefficient (Wildman–Crippen LogP) is 6.68. The molecule has 39 heavy (non-hydrogen) atoms. The Bertz CT molecular complexity index is 1400. The zero-order valence-electron chi connectivity index (χ0n) is 22.9. The average Bonchev–Trinajstić information content (AvgIpc) is 2.95. The SMILES string of the molecule is Cc1ccc(C(=O)Nc2ccc(C3CCN(CC(C)C)CC3)cc2)cc1Nc1nccc(-c2cccnc2)n1. The molecule has 0 bridgehead atoms. The first kappa shape index (κ1) is 26.5. The Morgan fingerprint density at radius 2 is 1.82 bits per heavy atom. The molecule has 4 aromatic rings. The third-order valence-corrected chi connectivity index (χ3v) is 7.21. The van der Waals surface area contributed by atoms with Crippen LogP contribution in [-0.4, -0.2) is 45.4 Å². The monoisotopic (exact) mass is 520 g/mol. The predicted molar refractivity (Wildman–Crippen MR) is 157 cm³/mol. The number of pyridine rings is 1. The summed E-state index contributed by atoms with van der Waals surface area (Å²) < 4.78 is 0. The van der Waals surface area contributed by atoms with Crippen molar-refractivity contribution in [3.8, 4) is 11.3 Å². The molecule has 0 atom stereocenters. The fourth-order valence-electron chi connectivity index (χ4n) is 5.12. The van der Waals surface area contributed by atoms with E-state index in [4.69, 9.17) is 0 Å². The van der Waals surface area contributed by atoms with Crippen LogP contribution >= 0.6 is 0 Å². The molecule has 0 radical (unpaired) electrons. The van der Waals surface area contributed by atoms with Crippen molar-refractivity contribution in [2.45, 2.75) is 39.5 Å². The Labute approximate surface area is 230 Å². The fraction of sp³-hybridized carbons (Fsp3) is 0.312. The van der Waals surface area contributed by atoms with E-state index >= 15 is 0 Å². The van der Waals surface area contributed by atoms with Crippen molar-refractivity contribution < 1.29 is 4.79 Å². The van der Waals surface area contributed by atoms with Gasteiger partial charge in [0, 0.05) is 47.6 Å². The summed E-state index contributed by atoms with van der Waals surface area (Å²) in [6, 6.07) is 19.6. The Kier molecular flexibility index (Phi) is 8.27. The van der Waals surface area contributed by atoms with E-state index in [1.165, 1.54) is 24.9 Å². The summed E-state index contributed by atoms with van der Waals surface area (Å²) in [7, 11) is 0. The maximum atomic E-state index is 13.1. The smallest absolute Gasteiger partial charge is 0.255 e. The van der Waals surface area contributed by atoms with Gasteiger partial charge in [0.2, 0.25) is 5.95 Å². The fourth-order valence-corrected chi connectivity index (χ4v) is 5.12. The molecule has 3 heterocycles. The highest BCUT2D eigenvalue weighted by Gasteiger charge is 2.21. The van der Waals surface area contributed by atoms with Gasteiger partial charge in [-0.05, 0) is 98.3 Å². The number of carbonyl (C=O) groups excluding carboxylic acids is 1. The highest BCUT2D eigenvalue weighted by molar-refractivity contribution is 6.05. The first-order chi connectivity index (χ1) is 18.9. The van der Waals surface area contributed by atoms with Crippen LogP contribution in [0.25, 0.3) is 11.3 Å². The highest BCUT2D eigenvalue weighted by atomic mass is 16.1. The lowest BCUT2D eigenvalue weighted by atomic mass is 9.89. The van der Waals surface area contributed by atoms with Gasteiger partial charge in [0.05, 0.1) is 5.69 Å². The van der Waals surface area contributed by atoms with Crippen LogP contribution in [0, 0.1) is 12.8 Å². The van der Waals surface area contributed by atoms with E-state index in [1.54, 1.807) is 18.6 Å². The van der Waals surface area contributed by atoms with Gasteiger partial charge in [-0.15, -0.1) is 0 Å². The summed E-state index contributed by atoms with van der Waals surface area (Å²) in [5.74, 6) is 1.60. The second-order valence-corrected chi connectivity index (χ2v) is 10.7. The first-order valence-electron chi connectivity index (χ1n) is 13.7. The summed E-state index contributed by atoms with van der Waals surface area (Å²) in [4.78, 5) is 28.8. The van der Waals surface area contributed by atoms with Crippen molar-refractivity contribution in [3.63, 3.8) is 0 Å². The molecular formula is C32H36N6O. The lowest BCUT2D eigenvalue weighted by Gasteiger charge is -2.33. The number of nitrogens with one attached hydrogen (secondary N) is 2. The van der Waals surface area contributed by atoms with Gasteiger partial charge in [-0.2, -0.15) is 0 Å². The summed E-state index contributed by atoms with van der Waals surface area (Å²) in [6.07, 6.45) is 7.59. The molecule has 7 nitrogen and oxygen atoms in total. The number of piperidine rings is 1. The van der Waals surface area contributed by atoms with E-state index in [1.807, 2.05) is 55.5 Å². The number of benzene rings is 2. The molecule has 1 saturated heterocycles. The van der Waals surface area contributed by atoms with Crippen LogP contribution in [0.1, 0.15) is 54.1 Å². The van der Waals surface area contributed by atoms with Gasteiger partial charge in [0.25, 0.3) is 5.91 Å². The van der Waals surface area contributed by atoms with Crippen molar-refractivity contribution in [1.82, 2.24) is 19.9 Å². The molecule has 5 rings (SSSR count). The molecule has 7 heteroatoms. The van der Waals surface area contributed by atoms with Gasteiger partial charge in [-0.25, -0.2) is 9.97 Å². The molecule has 0 unspecified atom stereocenters. The summed E-state index contributed by atoms with van der Waals surface area (Å²) in [5, 5.41) is 6.32. The third kappa shape index (κ3) is 6.86. The lowest BCUT2D eigenvalue weighted by Crippen LogP contribution is -2.35. The number of rotatable bonds is 8. The number of likely N-dealkylation sites (tertiary alicyclic amines) is 1. The van der Waals surface area contributed by atoms with Crippen molar-refractivity contribution in [3.05, 3.63) is 95.9 Å². The maximum absolute atomic E-state index is 13.1. The molecule has 0 spiro atoms. The van der Waals surface area contributed by atoms with Crippen molar-refractivity contribution in [2.24, 2.45) is 5.92 Å². The van der Waals surface area contributed by atoms with Crippen LogP contribution in [-0.2, 0) is 0 Å². The van der Waals surface area contributed by atoms with Gasteiger partial charge in [0.1, 0.15) is 0 Å². The van der Waals surface area contributed by atoms with Crippen LogP contribution in [0.4, 0.5) is 17.3 Å². The van der Waals surface area contributed by atoms with Gasteiger partial charge >= 0.3 is 0 Å². The number of aryl methyl sites for hydroxylation is 1. The maximum Gasteiger partial charge on any atom is 0.255 e. The highest BCUT2D eigenvalue weighted by Crippen LogP contribution is 2.29. The Morgan fingerprint density at radius 1 is 1.03 bits per heavy atom. The van der Waals surface area contributed by atoms with Gasteiger partial charge < -0.3 is 15.5 Å². The molecule has 1 fully saturated rings. The number of hydrogen-bond donors (Lipinski definition) is 2. The number of carbonyl (C=O) groups is 1. The molecule has 2 aromatic heterocycles. The molecule has 1 amide bonds. The minimum atomic E-state index is -0.155. The Hall–Kier alpha value is -4.10. The molecular weight excluding hydrogens is 484 g/mol. The standard InChI is InChI=1S/C32H36N6O/c1-22(2)21-38-17-13-25(14-18-38)24-8-10-28(11-9-24)35-31(39)26-7-6-23(3)30(19-26)37-32-34-16-12-29(36-32)27-5-4-15-33-20-27/h4-12,15-16,19-20,22,25H,13-14,17-18,21H2,1-3H3,(H,35,39)(H,34,36,37). The quantitative estimate of drug-likeness (QED) is 0.270. The minimum Gasteiger partial charge on any atom is -0.324 e. The Balaban J connectivity index is 1.22. The average molecular weight is 521 g/mol. The number of aromatic nitrogens is 3. The molecule has 200 valence electrons. The molecule has 0 saturated carbocycles. The minimum absolute atomic E-state index is 0.155. The van der Waals surface area contributed by atoms with E-state index in [0.29, 0.717) is 23.3 Å². The van der Waals surface area contributed by atoms with Crippen LogP contribution in [0.5, 0.6) is 0 Å². The van der Waals surface area contributed by atoms with Gasteiger partial charge in [0.15, 0.2) is 0 Å². The van der Waals surface area contributed by atoms with E-state index in [0.717, 1.165) is 41.3 Å². The van der Waals surface area contributed by atoms with Crippen LogP contribution in [0.2, 0.25) is 0 Å². The van der Waals surface area contributed by atoms with E-state index in [9.17, 15) is 4.79 Å². The number of hydrogen-bond acceptors (Lipinski definition) is 6. The van der Waals surface area contributed by atoms with E-state index < -0.39 is 0 Å². The molecule has 0 aliphatic carbocycles. The first-order valence-corrected chi connectivity index (χ1v) is 13.7. The zero-order valence-corrected chi connectivity index (χ0v) is 22.9. The second kappa shape index (κ2) is 12.2. The summed E-state index contributed by atoms with van der Waals surface area (Å²) in [6.45, 7) is 10.0. The lowest BCUT2D eigenvalue weighted by molar-refractivity contribution is 0.102. The second-order valence-electron chi connectivity index (χ2n) is 10.7. The van der Waals surface area contributed by atoms with Crippen molar-refractivity contribution in [1.29, 1.82) is 0 Å². The molecule has 1 aliphatic rings. The van der Waals surface area contributed by atoms with Crippen molar-refractivity contribution in [2.75, 3.05) is 30.3 Å². The van der Waals surface area contributed by atoms with Crippen molar-refractivity contribution >= 4 is 23.2 Å². The zero-order chi connectivity index (χ0) is 27.2. The van der Waals surface area contributed by atoms with Gasteiger partial charge in [-0.3, -0.25) is 9.78 Å². The summed E-state index contributed by atoms with van der Waals surface area (Å²) in [5.41, 5.74) is 6.17. The Morgan fingerprint density at radius 3 is 2.54 bits per heavy atom. The van der Waals surface area contributed by atoms with E-state index in [-0.39, 0.29) is 5.91 Å². The molecule has 1 aliphatic heterocycles. The van der Waals surface area contributed by atoms with Crippen LogP contribution in [0.3, 0.4) is 0 Å². The number of nitrogens with zero attached hydrogens (tertiary/aromatic N) is 4. The van der Waals surface area contributed by atoms with E-state index in [2.05, 4.69) is 56.5 Å². The largest absolute Gasteiger partial charge is 0.324 e. The topological polar surface area (TPSA) is 83.0 Å². The third-order valence-electron chi connectivity index (χ3n) is 7.21. The number of amides is 1. The van der Waals surface area contributed by atoms with Crippen LogP contribution in [0.15, 0.2) is 79.3 Å². The van der Waals surface area contributed by atoms with Gasteiger partial charge in [-0.1, -0.05) is 32.0 Å². The summed E-state index contributed by atoms with van der Waals surface area (Å²) >= 11 is 0. The molecule has 2 N–H and O–H groups in total. The normalized spacial score (nSPS) is 14.4. The van der Waals surface area contributed by atoms with Crippen LogP contribution < -0.4 is 10.6 Å².